The van der Waals surface area contributed by atoms with E-state index in [1.807, 2.05) is 30.3 Å². The van der Waals surface area contributed by atoms with E-state index >= 15 is 0 Å². The average Bonchev–Trinajstić information content (AvgIpc) is 2.75. The molecule has 7 heteroatoms. The molecule has 1 fully saturated rings. The molecule has 2 N–H and O–H groups in total. The Morgan fingerprint density at radius 3 is 2.61 bits per heavy atom. The number of ether oxygens (including phenoxy) is 3. The van der Waals surface area contributed by atoms with Gasteiger partial charge in [-0.3, -0.25) is 4.79 Å². The standard InChI is InChI=1S/C21H25N3O4/c25-21(23-16-5-6-19-20(15-16)28-14-13-27-19)7-8-22-17-3-1-2-4-18(17)24-9-11-26-12-10-24/h1-6,15,22H,7-14H2,(H,23,25). The smallest absolute Gasteiger partial charge is 0.226 e. The van der Waals surface area contributed by atoms with Gasteiger partial charge in [0.05, 0.1) is 24.6 Å². The van der Waals surface area contributed by atoms with Crippen molar-refractivity contribution in [2.24, 2.45) is 0 Å². The summed E-state index contributed by atoms with van der Waals surface area (Å²) in [5.74, 6) is 1.33. The SMILES string of the molecule is O=C(CCNc1ccccc1N1CCOCC1)Nc1ccc2c(c1)OCCO2. The molecule has 2 aromatic carbocycles. The van der Waals surface area contributed by atoms with Gasteiger partial charge in [-0.2, -0.15) is 0 Å². The first-order valence-electron chi connectivity index (χ1n) is 9.65. The van der Waals surface area contributed by atoms with Gasteiger partial charge in [0.15, 0.2) is 11.5 Å². The molecule has 0 atom stereocenters. The summed E-state index contributed by atoms with van der Waals surface area (Å²) >= 11 is 0. The van der Waals surface area contributed by atoms with Crippen molar-refractivity contribution in [3.8, 4) is 11.5 Å². The van der Waals surface area contributed by atoms with E-state index in [1.54, 1.807) is 6.07 Å². The maximum Gasteiger partial charge on any atom is 0.226 e. The minimum Gasteiger partial charge on any atom is -0.486 e. The molecule has 2 aliphatic heterocycles. The Kier molecular flexibility index (Phi) is 5.82. The number of para-hydroxylation sites is 2. The first-order valence-corrected chi connectivity index (χ1v) is 9.65. The van der Waals surface area contributed by atoms with Crippen molar-refractivity contribution in [3.05, 3.63) is 42.5 Å². The third-order valence-corrected chi connectivity index (χ3v) is 4.75. The van der Waals surface area contributed by atoms with Crippen LogP contribution in [0.1, 0.15) is 6.42 Å². The van der Waals surface area contributed by atoms with Crippen LogP contribution in [0, 0.1) is 0 Å². The van der Waals surface area contributed by atoms with Crippen LogP contribution in [0.25, 0.3) is 0 Å². The lowest BCUT2D eigenvalue weighted by molar-refractivity contribution is -0.115. The van der Waals surface area contributed by atoms with Gasteiger partial charge in [0, 0.05) is 37.8 Å². The van der Waals surface area contributed by atoms with E-state index in [2.05, 4.69) is 21.6 Å². The first kappa shape index (κ1) is 18.4. The van der Waals surface area contributed by atoms with E-state index in [9.17, 15) is 4.79 Å². The fraction of sp³-hybridized carbons (Fsp3) is 0.381. The lowest BCUT2D eigenvalue weighted by Gasteiger charge is -2.30. The van der Waals surface area contributed by atoms with Crippen LogP contribution < -0.4 is 25.0 Å². The normalized spacial score (nSPS) is 15.8. The van der Waals surface area contributed by atoms with Crippen LogP contribution in [0.15, 0.2) is 42.5 Å². The van der Waals surface area contributed by atoms with Gasteiger partial charge < -0.3 is 29.7 Å². The zero-order chi connectivity index (χ0) is 19.2. The van der Waals surface area contributed by atoms with Crippen molar-refractivity contribution < 1.29 is 19.0 Å². The summed E-state index contributed by atoms with van der Waals surface area (Å²) in [7, 11) is 0. The van der Waals surface area contributed by atoms with Gasteiger partial charge in [0.25, 0.3) is 0 Å². The van der Waals surface area contributed by atoms with E-state index < -0.39 is 0 Å². The van der Waals surface area contributed by atoms with E-state index in [1.165, 1.54) is 0 Å². The third kappa shape index (κ3) is 4.48. The molecule has 0 bridgehead atoms. The molecule has 0 saturated carbocycles. The van der Waals surface area contributed by atoms with Crippen molar-refractivity contribution in [3.63, 3.8) is 0 Å². The largest absolute Gasteiger partial charge is 0.486 e. The third-order valence-electron chi connectivity index (χ3n) is 4.75. The molecule has 2 heterocycles. The summed E-state index contributed by atoms with van der Waals surface area (Å²) in [5.41, 5.74) is 2.90. The Morgan fingerprint density at radius 2 is 1.75 bits per heavy atom. The predicted octanol–water partition coefficient (Wildman–Crippen LogP) is 2.74. The molecule has 1 amide bonds. The number of fused-ring (bicyclic) bond motifs is 1. The highest BCUT2D eigenvalue weighted by Crippen LogP contribution is 2.32. The Labute approximate surface area is 164 Å². The molecule has 7 nitrogen and oxygen atoms in total. The number of carbonyl (C=O) groups is 1. The van der Waals surface area contributed by atoms with Crippen LogP contribution in [0.3, 0.4) is 0 Å². The fourth-order valence-corrected chi connectivity index (χ4v) is 3.36. The predicted molar refractivity (Wildman–Crippen MR) is 109 cm³/mol. The molecule has 2 aromatic rings. The summed E-state index contributed by atoms with van der Waals surface area (Å²) in [4.78, 5) is 14.6. The van der Waals surface area contributed by atoms with Crippen LogP contribution in [-0.2, 0) is 9.53 Å². The van der Waals surface area contributed by atoms with Crippen molar-refractivity contribution in [2.45, 2.75) is 6.42 Å². The maximum absolute atomic E-state index is 12.3. The highest BCUT2D eigenvalue weighted by Gasteiger charge is 2.15. The van der Waals surface area contributed by atoms with E-state index in [0.29, 0.717) is 43.4 Å². The van der Waals surface area contributed by atoms with Gasteiger partial charge in [-0.15, -0.1) is 0 Å². The molecule has 148 valence electrons. The highest BCUT2D eigenvalue weighted by atomic mass is 16.6. The molecule has 0 radical (unpaired) electrons. The number of rotatable bonds is 6. The summed E-state index contributed by atoms with van der Waals surface area (Å²) in [6.45, 7) is 4.87. The molecule has 1 saturated heterocycles. The van der Waals surface area contributed by atoms with Gasteiger partial charge in [-0.05, 0) is 24.3 Å². The quantitative estimate of drug-likeness (QED) is 0.799. The van der Waals surface area contributed by atoms with E-state index in [4.69, 9.17) is 14.2 Å². The lowest BCUT2D eigenvalue weighted by atomic mass is 10.2. The van der Waals surface area contributed by atoms with Crippen LogP contribution in [0.5, 0.6) is 11.5 Å². The summed E-state index contributed by atoms with van der Waals surface area (Å²) in [5, 5.41) is 6.30. The molecular formula is C21H25N3O4. The van der Waals surface area contributed by atoms with Crippen molar-refractivity contribution in [2.75, 3.05) is 61.6 Å². The number of nitrogens with one attached hydrogen (secondary N) is 2. The number of hydrogen-bond acceptors (Lipinski definition) is 6. The minimum atomic E-state index is -0.0481. The lowest BCUT2D eigenvalue weighted by Crippen LogP contribution is -2.36. The molecule has 4 rings (SSSR count). The average molecular weight is 383 g/mol. The van der Waals surface area contributed by atoms with Crippen molar-refractivity contribution >= 4 is 23.0 Å². The van der Waals surface area contributed by atoms with Gasteiger partial charge in [0.1, 0.15) is 13.2 Å². The molecule has 28 heavy (non-hydrogen) atoms. The molecule has 2 aliphatic rings. The zero-order valence-corrected chi connectivity index (χ0v) is 15.8. The van der Waals surface area contributed by atoms with E-state index in [0.717, 1.165) is 37.7 Å². The summed E-state index contributed by atoms with van der Waals surface area (Å²) in [6, 6.07) is 13.6. The Morgan fingerprint density at radius 1 is 0.964 bits per heavy atom. The second-order valence-electron chi connectivity index (χ2n) is 6.70. The van der Waals surface area contributed by atoms with Gasteiger partial charge in [0.2, 0.25) is 5.91 Å². The number of hydrogen-bond donors (Lipinski definition) is 2. The van der Waals surface area contributed by atoms with E-state index in [-0.39, 0.29) is 5.91 Å². The minimum absolute atomic E-state index is 0.0481. The van der Waals surface area contributed by atoms with Crippen LogP contribution >= 0.6 is 0 Å². The summed E-state index contributed by atoms with van der Waals surface area (Å²) in [6.07, 6.45) is 0.367. The number of carbonyl (C=O) groups excluding carboxylic acids is 1. The van der Waals surface area contributed by atoms with Crippen molar-refractivity contribution in [1.29, 1.82) is 0 Å². The number of morpholine rings is 1. The van der Waals surface area contributed by atoms with Crippen LogP contribution in [0.2, 0.25) is 0 Å². The topological polar surface area (TPSA) is 72.1 Å². The Hall–Kier alpha value is -2.93. The Bertz CT molecular complexity index is 821. The number of benzene rings is 2. The molecule has 0 aliphatic carbocycles. The van der Waals surface area contributed by atoms with Crippen molar-refractivity contribution in [1.82, 2.24) is 0 Å². The highest BCUT2D eigenvalue weighted by molar-refractivity contribution is 5.91. The first-order chi connectivity index (χ1) is 13.8. The second-order valence-corrected chi connectivity index (χ2v) is 6.70. The zero-order valence-electron chi connectivity index (χ0n) is 15.8. The van der Waals surface area contributed by atoms with Crippen LogP contribution in [-0.4, -0.2) is 52.0 Å². The van der Waals surface area contributed by atoms with Gasteiger partial charge in [-0.1, -0.05) is 12.1 Å². The number of anilines is 3. The van der Waals surface area contributed by atoms with Gasteiger partial charge >= 0.3 is 0 Å². The number of nitrogens with zero attached hydrogens (tertiary/aromatic N) is 1. The fourth-order valence-electron chi connectivity index (χ4n) is 3.36. The molecule has 0 unspecified atom stereocenters. The molecule has 0 spiro atoms. The molecular weight excluding hydrogens is 358 g/mol. The maximum atomic E-state index is 12.3. The number of amides is 1. The second kappa shape index (κ2) is 8.84. The monoisotopic (exact) mass is 383 g/mol. The molecule has 0 aromatic heterocycles. The van der Waals surface area contributed by atoms with Crippen LogP contribution in [0.4, 0.5) is 17.1 Å². The Balaban J connectivity index is 1.30. The van der Waals surface area contributed by atoms with Gasteiger partial charge in [-0.25, -0.2) is 0 Å². The summed E-state index contributed by atoms with van der Waals surface area (Å²) < 4.78 is 16.5.